The van der Waals surface area contributed by atoms with Crippen LogP contribution in [0, 0.1) is 11.8 Å². The number of allylic oxidation sites excluding steroid dienone is 2. The first kappa shape index (κ1) is 20.6. The van der Waals surface area contributed by atoms with Gasteiger partial charge < -0.3 is 14.2 Å². The Bertz CT molecular complexity index is 835. The number of hydrogen-bond acceptors (Lipinski definition) is 7. The Morgan fingerprint density at radius 1 is 1.00 bits per heavy atom. The summed E-state index contributed by atoms with van der Waals surface area (Å²) in [5, 5.41) is 0. The van der Waals surface area contributed by atoms with Gasteiger partial charge in [0.25, 0.3) is 0 Å². The molecule has 0 N–H and O–H groups in total. The van der Waals surface area contributed by atoms with Crippen LogP contribution in [0.3, 0.4) is 0 Å². The molecule has 0 bridgehead atoms. The Kier molecular flexibility index (Phi) is 6.31. The average molecular weight is 401 g/mol. The quantitative estimate of drug-likeness (QED) is 0.283. The Balaban J connectivity index is 1.50. The number of ketones is 1. The summed E-state index contributed by atoms with van der Waals surface area (Å²) in [6.07, 6.45) is 4.77. The van der Waals surface area contributed by atoms with E-state index in [4.69, 9.17) is 14.2 Å². The van der Waals surface area contributed by atoms with Crippen molar-refractivity contribution in [3.63, 3.8) is 0 Å². The van der Waals surface area contributed by atoms with Gasteiger partial charge in [-0.3, -0.25) is 24.1 Å². The van der Waals surface area contributed by atoms with Crippen molar-refractivity contribution in [3.05, 3.63) is 35.9 Å². The highest BCUT2D eigenvalue weighted by Crippen LogP contribution is 2.35. The number of Topliss-reactive ketones (excluding diaryl/α,β-unsaturated/α-hetero) is 1. The van der Waals surface area contributed by atoms with E-state index in [0.29, 0.717) is 29.9 Å². The highest BCUT2D eigenvalue weighted by atomic mass is 16.5. The van der Waals surface area contributed by atoms with Gasteiger partial charge in [-0.1, -0.05) is 12.2 Å². The van der Waals surface area contributed by atoms with Crippen molar-refractivity contribution >= 4 is 23.6 Å². The van der Waals surface area contributed by atoms with Crippen LogP contribution in [0.15, 0.2) is 30.4 Å². The zero-order chi connectivity index (χ0) is 21.0. The van der Waals surface area contributed by atoms with Crippen LogP contribution in [0.1, 0.15) is 29.6 Å². The van der Waals surface area contributed by atoms with Crippen molar-refractivity contribution in [3.8, 4) is 11.5 Å². The van der Waals surface area contributed by atoms with E-state index >= 15 is 0 Å². The van der Waals surface area contributed by atoms with Crippen molar-refractivity contribution in [2.24, 2.45) is 11.8 Å². The van der Waals surface area contributed by atoms with E-state index in [1.54, 1.807) is 12.1 Å². The Labute approximate surface area is 168 Å². The van der Waals surface area contributed by atoms with Crippen LogP contribution in [-0.4, -0.2) is 55.8 Å². The lowest BCUT2D eigenvalue weighted by atomic mass is 9.85. The number of methoxy groups -OCH3 is 2. The average Bonchev–Trinajstić information content (AvgIpc) is 3.00. The molecular weight excluding hydrogens is 378 g/mol. The number of likely N-dealkylation sites (tertiary alicyclic amines) is 1. The molecule has 8 heteroatoms. The topological polar surface area (TPSA) is 99.2 Å². The highest BCUT2D eigenvalue weighted by molar-refractivity contribution is 6.05. The summed E-state index contributed by atoms with van der Waals surface area (Å²) >= 11 is 0. The number of imide groups is 1. The fourth-order valence-corrected chi connectivity index (χ4v) is 3.60. The van der Waals surface area contributed by atoms with Crippen molar-refractivity contribution in [2.45, 2.75) is 19.3 Å². The van der Waals surface area contributed by atoms with Gasteiger partial charge in [-0.25, -0.2) is 0 Å². The number of carbonyl (C=O) groups is 4. The van der Waals surface area contributed by atoms with Gasteiger partial charge in [-0.2, -0.15) is 0 Å². The molecule has 1 saturated heterocycles. The molecule has 1 heterocycles. The van der Waals surface area contributed by atoms with E-state index in [-0.39, 0.29) is 36.6 Å². The van der Waals surface area contributed by atoms with Crippen LogP contribution in [-0.2, 0) is 19.1 Å². The smallest absolute Gasteiger partial charge is 0.308 e. The van der Waals surface area contributed by atoms with Crippen LogP contribution in [0.4, 0.5) is 0 Å². The molecule has 0 unspecified atom stereocenters. The summed E-state index contributed by atoms with van der Waals surface area (Å²) in [6, 6.07) is 4.65. The molecule has 2 atom stereocenters. The van der Waals surface area contributed by atoms with Gasteiger partial charge in [0.15, 0.2) is 23.9 Å². The summed E-state index contributed by atoms with van der Waals surface area (Å²) in [5.74, 6) is -1.29. The lowest BCUT2D eigenvalue weighted by molar-refractivity contribution is -0.145. The number of esters is 1. The van der Waals surface area contributed by atoms with Crippen LogP contribution in [0.2, 0.25) is 0 Å². The van der Waals surface area contributed by atoms with Crippen LogP contribution in [0.25, 0.3) is 0 Å². The molecule has 1 aliphatic heterocycles. The third kappa shape index (κ3) is 4.31. The molecule has 8 nitrogen and oxygen atoms in total. The van der Waals surface area contributed by atoms with Crippen LogP contribution in [0.5, 0.6) is 11.5 Å². The van der Waals surface area contributed by atoms with Gasteiger partial charge in [0.1, 0.15) is 0 Å². The molecule has 1 aromatic rings. The second-order valence-corrected chi connectivity index (χ2v) is 6.89. The SMILES string of the molecule is COc1ccc(C(=O)COC(=O)CCN2C(=O)[C@H]3CC=CC[C@@H]3C2=O)cc1OC. The van der Waals surface area contributed by atoms with E-state index in [1.807, 2.05) is 12.2 Å². The predicted molar refractivity (Wildman–Crippen MR) is 102 cm³/mol. The second kappa shape index (κ2) is 8.89. The number of fused-ring (bicyclic) bond motifs is 1. The minimum atomic E-state index is -0.646. The summed E-state index contributed by atoms with van der Waals surface area (Å²) in [6.45, 7) is -0.473. The largest absolute Gasteiger partial charge is 0.493 e. The van der Waals surface area contributed by atoms with Crippen molar-refractivity contribution < 1.29 is 33.4 Å². The monoisotopic (exact) mass is 401 g/mol. The summed E-state index contributed by atoms with van der Waals surface area (Å²) in [5.41, 5.74) is 0.317. The molecular formula is C21H23NO7. The molecule has 1 fully saturated rings. The molecule has 29 heavy (non-hydrogen) atoms. The minimum Gasteiger partial charge on any atom is -0.493 e. The number of nitrogens with zero attached hydrogens (tertiary/aromatic N) is 1. The number of carbonyl (C=O) groups excluding carboxylic acids is 4. The summed E-state index contributed by atoms with van der Waals surface area (Å²) in [4.78, 5) is 50.1. The molecule has 0 spiro atoms. The lowest BCUT2D eigenvalue weighted by Crippen LogP contribution is -2.33. The molecule has 1 aromatic carbocycles. The predicted octanol–water partition coefficient (Wildman–Crippen LogP) is 1.77. The van der Waals surface area contributed by atoms with Gasteiger partial charge in [0, 0.05) is 12.1 Å². The molecule has 0 aromatic heterocycles. The Morgan fingerprint density at radius 2 is 1.62 bits per heavy atom. The molecule has 1 aliphatic carbocycles. The molecule has 0 saturated carbocycles. The first-order chi connectivity index (χ1) is 14.0. The Morgan fingerprint density at radius 3 is 2.21 bits per heavy atom. The molecule has 0 radical (unpaired) electrons. The van der Waals surface area contributed by atoms with E-state index in [2.05, 4.69) is 0 Å². The lowest BCUT2D eigenvalue weighted by Gasteiger charge is -2.14. The summed E-state index contributed by atoms with van der Waals surface area (Å²) in [7, 11) is 2.95. The molecule has 3 rings (SSSR count). The maximum absolute atomic E-state index is 12.4. The number of benzene rings is 1. The van der Waals surface area contributed by atoms with E-state index in [1.165, 1.54) is 20.3 Å². The highest BCUT2D eigenvalue weighted by Gasteiger charge is 2.46. The number of rotatable bonds is 8. The first-order valence-corrected chi connectivity index (χ1v) is 9.37. The van der Waals surface area contributed by atoms with Crippen LogP contribution >= 0.6 is 0 Å². The summed E-state index contributed by atoms with van der Waals surface area (Å²) < 4.78 is 15.3. The van der Waals surface area contributed by atoms with Gasteiger partial charge in [0.2, 0.25) is 11.8 Å². The van der Waals surface area contributed by atoms with Crippen molar-refractivity contribution in [1.29, 1.82) is 0 Å². The third-order valence-electron chi connectivity index (χ3n) is 5.21. The second-order valence-electron chi connectivity index (χ2n) is 6.89. The fourth-order valence-electron chi connectivity index (χ4n) is 3.60. The van der Waals surface area contributed by atoms with E-state index in [0.717, 1.165) is 4.90 Å². The van der Waals surface area contributed by atoms with Crippen molar-refractivity contribution in [1.82, 2.24) is 4.90 Å². The number of amides is 2. The maximum atomic E-state index is 12.4. The van der Waals surface area contributed by atoms with Gasteiger partial charge >= 0.3 is 5.97 Å². The van der Waals surface area contributed by atoms with Crippen LogP contribution < -0.4 is 9.47 Å². The molecule has 2 amide bonds. The maximum Gasteiger partial charge on any atom is 0.308 e. The van der Waals surface area contributed by atoms with Gasteiger partial charge in [-0.05, 0) is 31.0 Å². The number of ether oxygens (including phenoxy) is 3. The molecule has 154 valence electrons. The zero-order valence-electron chi connectivity index (χ0n) is 16.4. The van der Waals surface area contributed by atoms with E-state index in [9.17, 15) is 19.2 Å². The number of hydrogen-bond donors (Lipinski definition) is 0. The normalized spacial score (nSPS) is 20.4. The molecule has 2 aliphatic rings. The Hall–Kier alpha value is -3.16. The first-order valence-electron chi connectivity index (χ1n) is 9.37. The van der Waals surface area contributed by atoms with Crippen molar-refractivity contribution in [2.75, 3.05) is 27.4 Å². The third-order valence-corrected chi connectivity index (χ3v) is 5.21. The standard InChI is InChI=1S/C21H23NO7/c1-27-17-8-7-13(11-18(17)28-2)16(23)12-29-19(24)9-10-22-20(25)14-5-3-4-6-15(14)21(22)26/h3-4,7-8,11,14-15H,5-6,9-10,12H2,1-2H3/t14-,15-/m0/s1. The fraction of sp³-hybridized carbons (Fsp3) is 0.429. The minimum absolute atomic E-state index is 0.0337. The van der Waals surface area contributed by atoms with E-state index < -0.39 is 18.4 Å². The van der Waals surface area contributed by atoms with Gasteiger partial charge in [0.05, 0.1) is 32.5 Å². The zero-order valence-corrected chi connectivity index (χ0v) is 16.4. The van der Waals surface area contributed by atoms with Gasteiger partial charge in [-0.15, -0.1) is 0 Å².